The number of nitrogens with two attached hydrogens (primary N) is 1. The molecule has 1 saturated carbocycles. The molecule has 0 amide bonds. The van der Waals surface area contributed by atoms with Crippen LogP contribution in [0.3, 0.4) is 0 Å². The Morgan fingerprint density at radius 2 is 2.00 bits per heavy atom. The average Bonchev–Trinajstić information content (AvgIpc) is 2.72. The van der Waals surface area contributed by atoms with Gasteiger partial charge in [-0.2, -0.15) is 0 Å². The van der Waals surface area contributed by atoms with Crippen molar-refractivity contribution in [2.75, 3.05) is 6.54 Å². The minimum atomic E-state index is 0.00780. The van der Waals surface area contributed by atoms with Crippen molar-refractivity contribution in [1.29, 1.82) is 0 Å². The second-order valence-corrected chi connectivity index (χ2v) is 5.18. The van der Waals surface area contributed by atoms with Gasteiger partial charge in [0.2, 0.25) is 0 Å². The van der Waals surface area contributed by atoms with E-state index < -0.39 is 0 Å². The first-order valence-electron chi connectivity index (χ1n) is 5.38. The summed E-state index contributed by atoms with van der Waals surface area (Å²) in [7, 11) is 0. The Hall–Kier alpha value is -0.540. The summed E-state index contributed by atoms with van der Waals surface area (Å²) >= 11 is 3.36. The van der Waals surface area contributed by atoms with Crippen LogP contribution < -0.4 is 5.73 Å². The third-order valence-electron chi connectivity index (χ3n) is 3.51. The molecule has 0 radical (unpaired) electrons. The van der Waals surface area contributed by atoms with Crippen LogP contribution in [0.15, 0.2) is 22.7 Å². The van der Waals surface area contributed by atoms with Crippen LogP contribution in [0.4, 0.5) is 0 Å². The fourth-order valence-electron chi connectivity index (χ4n) is 2.58. The molecule has 0 aliphatic heterocycles. The van der Waals surface area contributed by atoms with E-state index in [0.29, 0.717) is 12.3 Å². The zero-order valence-electron chi connectivity index (χ0n) is 8.67. The molecule has 2 rings (SSSR count). The summed E-state index contributed by atoms with van der Waals surface area (Å²) in [5.41, 5.74) is 6.91. The Bertz CT molecular complexity index is 359. The number of phenols is 1. The van der Waals surface area contributed by atoms with Gasteiger partial charge in [0.15, 0.2) is 0 Å². The molecular formula is C12H16BrNO. The Labute approximate surface area is 98.6 Å². The number of aromatic hydroxyl groups is 1. The quantitative estimate of drug-likeness (QED) is 0.868. The summed E-state index contributed by atoms with van der Waals surface area (Å²) in [5, 5.41) is 10.1. The molecule has 0 unspecified atom stereocenters. The van der Waals surface area contributed by atoms with Gasteiger partial charge in [-0.1, -0.05) is 25.0 Å². The molecular weight excluding hydrogens is 254 g/mol. The van der Waals surface area contributed by atoms with Crippen LogP contribution in [0.2, 0.25) is 0 Å². The maximum absolute atomic E-state index is 10.1. The highest BCUT2D eigenvalue weighted by Gasteiger charge is 2.36. The molecule has 1 fully saturated rings. The van der Waals surface area contributed by atoms with Gasteiger partial charge in [0, 0.05) is 17.5 Å². The van der Waals surface area contributed by atoms with Gasteiger partial charge in [-0.05, 0) is 34.8 Å². The van der Waals surface area contributed by atoms with Crippen molar-refractivity contribution in [3.8, 4) is 5.75 Å². The van der Waals surface area contributed by atoms with E-state index in [1.807, 2.05) is 18.2 Å². The van der Waals surface area contributed by atoms with E-state index in [1.165, 1.54) is 12.8 Å². The third-order valence-corrected chi connectivity index (χ3v) is 4.15. The van der Waals surface area contributed by atoms with Gasteiger partial charge in [-0.25, -0.2) is 0 Å². The van der Waals surface area contributed by atoms with E-state index in [2.05, 4.69) is 15.9 Å². The minimum Gasteiger partial charge on any atom is -0.506 e. The van der Waals surface area contributed by atoms with Crippen LogP contribution in [0.1, 0.15) is 31.2 Å². The Morgan fingerprint density at radius 3 is 2.60 bits per heavy atom. The first-order valence-corrected chi connectivity index (χ1v) is 6.17. The molecule has 0 saturated heterocycles. The summed E-state index contributed by atoms with van der Waals surface area (Å²) in [4.78, 5) is 0. The first-order chi connectivity index (χ1) is 7.19. The highest BCUT2D eigenvalue weighted by Crippen LogP contribution is 2.45. The normalized spacial score (nSPS) is 19.3. The highest BCUT2D eigenvalue weighted by molar-refractivity contribution is 9.10. The van der Waals surface area contributed by atoms with Crippen molar-refractivity contribution in [2.24, 2.45) is 5.73 Å². The van der Waals surface area contributed by atoms with Crippen molar-refractivity contribution < 1.29 is 5.11 Å². The van der Waals surface area contributed by atoms with Crippen molar-refractivity contribution in [1.82, 2.24) is 0 Å². The molecule has 1 aromatic carbocycles. The van der Waals surface area contributed by atoms with Crippen LogP contribution >= 0.6 is 15.9 Å². The van der Waals surface area contributed by atoms with Crippen molar-refractivity contribution in [3.05, 3.63) is 28.2 Å². The molecule has 15 heavy (non-hydrogen) atoms. The number of hydrogen-bond donors (Lipinski definition) is 2. The molecule has 1 aliphatic carbocycles. The predicted molar refractivity (Wildman–Crippen MR) is 65.0 cm³/mol. The molecule has 0 atom stereocenters. The number of rotatable bonds is 2. The maximum atomic E-state index is 10.1. The van der Waals surface area contributed by atoms with Crippen LogP contribution in [0.25, 0.3) is 0 Å². The molecule has 0 spiro atoms. The number of halogens is 1. The number of para-hydroxylation sites is 1. The molecule has 3 heteroatoms. The van der Waals surface area contributed by atoms with Gasteiger partial charge in [-0.15, -0.1) is 0 Å². The van der Waals surface area contributed by atoms with E-state index in [4.69, 9.17) is 5.73 Å². The lowest BCUT2D eigenvalue weighted by Crippen LogP contribution is -2.32. The SMILES string of the molecule is NCC1(c2cccc(Br)c2O)CCCC1. The molecule has 2 nitrogen and oxygen atoms in total. The average molecular weight is 270 g/mol. The maximum Gasteiger partial charge on any atom is 0.133 e. The molecule has 1 aromatic rings. The summed E-state index contributed by atoms with van der Waals surface area (Å²) in [6, 6.07) is 5.82. The van der Waals surface area contributed by atoms with E-state index in [-0.39, 0.29) is 5.41 Å². The summed E-state index contributed by atoms with van der Waals surface area (Å²) in [5.74, 6) is 0.366. The van der Waals surface area contributed by atoms with Gasteiger partial charge < -0.3 is 10.8 Å². The second kappa shape index (κ2) is 4.14. The van der Waals surface area contributed by atoms with E-state index in [0.717, 1.165) is 22.9 Å². The molecule has 3 N–H and O–H groups in total. The van der Waals surface area contributed by atoms with E-state index in [1.54, 1.807) is 0 Å². The predicted octanol–water partition coefficient (Wildman–Crippen LogP) is 2.93. The van der Waals surface area contributed by atoms with Gasteiger partial charge in [0.25, 0.3) is 0 Å². The fourth-order valence-corrected chi connectivity index (χ4v) is 2.94. The second-order valence-electron chi connectivity index (χ2n) is 4.33. The Balaban J connectivity index is 2.47. The van der Waals surface area contributed by atoms with Gasteiger partial charge in [-0.3, -0.25) is 0 Å². The smallest absolute Gasteiger partial charge is 0.133 e. The summed E-state index contributed by atoms with van der Waals surface area (Å²) < 4.78 is 0.764. The van der Waals surface area contributed by atoms with E-state index in [9.17, 15) is 5.11 Å². The molecule has 82 valence electrons. The standard InChI is InChI=1S/C12H16BrNO/c13-10-5-3-4-9(11(10)15)12(8-14)6-1-2-7-12/h3-5,15H,1-2,6-8,14H2. The lowest BCUT2D eigenvalue weighted by atomic mass is 9.78. The number of phenolic OH excluding ortho intramolecular Hbond substituents is 1. The van der Waals surface area contributed by atoms with Gasteiger partial charge >= 0.3 is 0 Å². The third kappa shape index (κ3) is 1.79. The Kier molecular flexibility index (Phi) is 3.03. The van der Waals surface area contributed by atoms with Crippen molar-refractivity contribution in [3.63, 3.8) is 0 Å². The topological polar surface area (TPSA) is 46.2 Å². The molecule has 1 aliphatic rings. The van der Waals surface area contributed by atoms with Crippen LogP contribution in [-0.2, 0) is 5.41 Å². The van der Waals surface area contributed by atoms with Gasteiger partial charge in [0.05, 0.1) is 4.47 Å². The van der Waals surface area contributed by atoms with Gasteiger partial charge in [0.1, 0.15) is 5.75 Å². The van der Waals surface area contributed by atoms with Crippen LogP contribution in [-0.4, -0.2) is 11.7 Å². The van der Waals surface area contributed by atoms with Crippen molar-refractivity contribution in [2.45, 2.75) is 31.1 Å². The fraction of sp³-hybridized carbons (Fsp3) is 0.500. The number of hydrogen-bond acceptors (Lipinski definition) is 2. The van der Waals surface area contributed by atoms with Crippen molar-refractivity contribution >= 4 is 15.9 Å². The van der Waals surface area contributed by atoms with E-state index >= 15 is 0 Å². The summed E-state index contributed by atoms with van der Waals surface area (Å²) in [6.45, 7) is 0.622. The molecule has 0 bridgehead atoms. The highest BCUT2D eigenvalue weighted by atomic mass is 79.9. The summed E-state index contributed by atoms with van der Waals surface area (Å²) in [6.07, 6.45) is 4.60. The largest absolute Gasteiger partial charge is 0.506 e. The van der Waals surface area contributed by atoms with Crippen LogP contribution in [0.5, 0.6) is 5.75 Å². The zero-order chi connectivity index (χ0) is 10.9. The first kappa shape index (κ1) is 11.0. The minimum absolute atomic E-state index is 0.00780. The monoisotopic (exact) mass is 269 g/mol. The number of benzene rings is 1. The lowest BCUT2D eigenvalue weighted by molar-refractivity contribution is 0.404. The van der Waals surface area contributed by atoms with Crippen LogP contribution in [0, 0.1) is 0 Å². The molecule has 0 aromatic heterocycles. The molecule has 0 heterocycles. The Morgan fingerprint density at radius 1 is 1.33 bits per heavy atom. The zero-order valence-corrected chi connectivity index (χ0v) is 10.3. The lowest BCUT2D eigenvalue weighted by Gasteiger charge is -2.28.